The fraction of sp³-hybridized carbons (Fsp3) is 0.154. The van der Waals surface area contributed by atoms with Crippen LogP contribution in [0.3, 0.4) is 0 Å². The van der Waals surface area contributed by atoms with Crippen LogP contribution in [-0.2, 0) is 17.9 Å². The molecule has 5 nitrogen and oxygen atoms in total. The van der Waals surface area contributed by atoms with Crippen molar-refractivity contribution >= 4 is 51.9 Å². The number of halogens is 1. The van der Waals surface area contributed by atoms with E-state index in [9.17, 15) is 4.79 Å². The number of carbonyl (C=O) groups is 1. The van der Waals surface area contributed by atoms with Gasteiger partial charge in [-0.1, -0.05) is 65.9 Å². The number of nitrogens with zero attached hydrogens (tertiary/aromatic N) is 1. The van der Waals surface area contributed by atoms with Crippen LogP contribution in [0.5, 0.6) is 17.2 Å². The maximum absolute atomic E-state index is 13.0. The number of benzene rings is 3. The van der Waals surface area contributed by atoms with Gasteiger partial charge < -0.3 is 14.2 Å². The highest BCUT2D eigenvalue weighted by Gasteiger charge is 2.32. The number of ether oxygens (including phenoxy) is 3. The summed E-state index contributed by atoms with van der Waals surface area (Å²) in [7, 11) is 3.21. The maximum atomic E-state index is 13.0. The van der Waals surface area contributed by atoms with Gasteiger partial charge >= 0.3 is 0 Å². The van der Waals surface area contributed by atoms with Crippen molar-refractivity contribution in [2.45, 2.75) is 13.2 Å². The summed E-state index contributed by atoms with van der Waals surface area (Å²) in [5.41, 5.74) is 2.79. The highest BCUT2D eigenvalue weighted by molar-refractivity contribution is 8.26. The van der Waals surface area contributed by atoms with E-state index < -0.39 is 0 Å². The zero-order valence-corrected chi connectivity index (χ0v) is 21.0. The minimum Gasteiger partial charge on any atom is -0.497 e. The van der Waals surface area contributed by atoms with E-state index in [0.717, 1.165) is 22.4 Å². The number of hydrogen-bond donors (Lipinski definition) is 0. The molecule has 34 heavy (non-hydrogen) atoms. The van der Waals surface area contributed by atoms with Crippen molar-refractivity contribution in [3.63, 3.8) is 0 Å². The van der Waals surface area contributed by atoms with Crippen molar-refractivity contribution < 1.29 is 19.0 Å². The summed E-state index contributed by atoms with van der Waals surface area (Å²) in [5.74, 6) is 1.84. The number of amides is 1. The average molecular weight is 512 g/mol. The second-order valence-corrected chi connectivity index (χ2v) is 9.55. The molecule has 0 bridgehead atoms. The third-order valence-electron chi connectivity index (χ3n) is 5.17. The quantitative estimate of drug-likeness (QED) is 0.260. The second-order valence-electron chi connectivity index (χ2n) is 7.44. The molecule has 1 aliphatic heterocycles. The lowest BCUT2D eigenvalue weighted by Gasteiger charge is -2.14. The summed E-state index contributed by atoms with van der Waals surface area (Å²) in [6, 6.07) is 20.6. The van der Waals surface area contributed by atoms with Crippen molar-refractivity contribution in [3.05, 3.63) is 93.3 Å². The molecule has 1 saturated heterocycles. The second kappa shape index (κ2) is 11.0. The fourth-order valence-electron chi connectivity index (χ4n) is 3.34. The van der Waals surface area contributed by atoms with Crippen molar-refractivity contribution in [2.75, 3.05) is 14.2 Å². The minimum atomic E-state index is -0.118. The highest BCUT2D eigenvalue weighted by Crippen LogP contribution is 2.36. The third kappa shape index (κ3) is 5.73. The molecular formula is C26H22ClNO4S2. The van der Waals surface area contributed by atoms with E-state index in [2.05, 4.69) is 0 Å². The molecule has 1 amide bonds. The molecule has 0 saturated carbocycles. The first-order chi connectivity index (χ1) is 16.5. The molecule has 4 rings (SSSR count). The van der Waals surface area contributed by atoms with E-state index in [1.165, 1.54) is 11.8 Å². The normalized spacial score (nSPS) is 14.6. The third-order valence-corrected chi connectivity index (χ3v) is 6.80. The largest absolute Gasteiger partial charge is 0.497 e. The van der Waals surface area contributed by atoms with Crippen LogP contribution in [0.15, 0.2) is 71.6 Å². The molecule has 0 spiro atoms. The molecule has 174 valence electrons. The van der Waals surface area contributed by atoms with E-state index in [1.54, 1.807) is 19.1 Å². The topological polar surface area (TPSA) is 48.0 Å². The molecule has 1 heterocycles. The standard InChI is InChI=1S/C26H22ClNO4S2/c1-30-21-10-5-17(6-11-21)15-28-25(29)24(34-26(28)33)14-19-7-12-22(23(13-19)31-2)32-16-18-3-8-20(27)9-4-18/h3-14H,15-16H2,1-2H3/b24-14-. The molecule has 3 aromatic rings. The van der Waals surface area contributed by atoms with Gasteiger partial charge in [0.2, 0.25) is 0 Å². The number of rotatable bonds is 8. The van der Waals surface area contributed by atoms with E-state index in [4.69, 9.17) is 38.0 Å². The summed E-state index contributed by atoms with van der Waals surface area (Å²) in [6.07, 6.45) is 1.82. The maximum Gasteiger partial charge on any atom is 0.266 e. The van der Waals surface area contributed by atoms with Crippen LogP contribution < -0.4 is 14.2 Å². The molecule has 0 N–H and O–H groups in total. The Morgan fingerprint density at radius 1 is 0.941 bits per heavy atom. The van der Waals surface area contributed by atoms with Crippen LogP contribution in [0.25, 0.3) is 6.08 Å². The predicted molar refractivity (Wildman–Crippen MR) is 140 cm³/mol. The van der Waals surface area contributed by atoms with Crippen molar-refractivity contribution in [3.8, 4) is 17.2 Å². The van der Waals surface area contributed by atoms with E-state index in [0.29, 0.717) is 38.9 Å². The Hall–Kier alpha value is -3.00. The fourth-order valence-corrected chi connectivity index (χ4v) is 4.72. The molecule has 1 fully saturated rings. The van der Waals surface area contributed by atoms with Gasteiger partial charge in [0.15, 0.2) is 11.5 Å². The Labute approximate surface area is 213 Å². The molecule has 0 atom stereocenters. The zero-order chi connectivity index (χ0) is 24.1. The summed E-state index contributed by atoms with van der Waals surface area (Å²) >= 11 is 12.7. The lowest BCUT2D eigenvalue weighted by molar-refractivity contribution is -0.122. The Balaban J connectivity index is 1.46. The Morgan fingerprint density at radius 2 is 1.65 bits per heavy atom. The van der Waals surface area contributed by atoms with Crippen LogP contribution in [0.1, 0.15) is 16.7 Å². The lowest BCUT2D eigenvalue weighted by atomic mass is 10.1. The van der Waals surface area contributed by atoms with Crippen molar-refractivity contribution in [1.29, 1.82) is 0 Å². The molecule has 0 aliphatic carbocycles. The van der Waals surface area contributed by atoms with Gasteiger partial charge in [0.1, 0.15) is 16.7 Å². The Morgan fingerprint density at radius 3 is 2.32 bits per heavy atom. The van der Waals surface area contributed by atoms with Crippen LogP contribution in [0, 0.1) is 0 Å². The zero-order valence-electron chi connectivity index (χ0n) is 18.6. The van der Waals surface area contributed by atoms with E-state index in [1.807, 2.05) is 72.8 Å². The monoisotopic (exact) mass is 511 g/mol. The van der Waals surface area contributed by atoms with Gasteiger partial charge in [-0.15, -0.1) is 0 Å². The van der Waals surface area contributed by atoms with E-state index in [-0.39, 0.29) is 5.91 Å². The highest BCUT2D eigenvalue weighted by atomic mass is 35.5. The summed E-state index contributed by atoms with van der Waals surface area (Å²) < 4.78 is 17.1. The molecule has 0 aromatic heterocycles. The van der Waals surface area contributed by atoms with Crippen LogP contribution >= 0.6 is 35.6 Å². The smallest absolute Gasteiger partial charge is 0.266 e. The molecule has 3 aromatic carbocycles. The first-order valence-electron chi connectivity index (χ1n) is 10.4. The van der Waals surface area contributed by atoms with Gasteiger partial charge in [-0.2, -0.15) is 0 Å². The van der Waals surface area contributed by atoms with Gasteiger partial charge in [0, 0.05) is 5.02 Å². The van der Waals surface area contributed by atoms with Crippen LogP contribution in [0.4, 0.5) is 0 Å². The Bertz CT molecular complexity index is 1230. The summed E-state index contributed by atoms with van der Waals surface area (Å²) in [4.78, 5) is 15.2. The summed E-state index contributed by atoms with van der Waals surface area (Å²) in [5, 5.41) is 0.681. The number of methoxy groups -OCH3 is 2. The van der Waals surface area contributed by atoms with Crippen molar-refractivity contribution in [1.82, 2.24) is 4.90 Å². The van der Waals surface area contributed by atoms with Gasteiger partial charge in [-0.3, -0.25) is 9.69 Å². The average Bonchev–Trinajstić information content (AvgIpc) is 3.11. The van der Waals surface area contributed by atoms with Gasteiger partial charge in [-0.05, 0) is 59.2 Å². The van der Waals surface area contributed by atoms with Gasteiger partial charge in [0.25, 0.3) is 5.91 Å². The summed E-state index contributed by atoms with van der Waals surface area (Å²) in [6.45, 7) is 0.795. The first-order valence-corrected chi connectivity index (χ1v) is 12.0. The number of carbonyl (C=O) groups excluding carboxylic acids is 1. The van der Waals surface area contributed by atoms with Crippen molar-refractivity contribution in [2.24, 2.45) is 0 Å². The molecular weight excluding hydrogens is 490 g/mol. The first kappa shape index (κ1) is 24.1. The molecule has 1 aliphatic rings. The molecule has 0 unspecified atom stereocenters. The predicted octanol–water partition coefficient (Wildman–Crippen LogP) is 6.34. The van der Waals surface area contributed by atoms with Crippen LogP contribution in [-0.4, -0.2) is 29.3 Å². The minimum absolute atomic E-state index is 0.118. The molecule has 8 heteroatoms. The molecule has 0 radical (unpaired) electrons. The van der Waals surface area contributed by atoms with Gasteiger partial charge in [0.05, 0.1) is 25.7 Å². The lowest BCUT2D eigenvalue weighted by Crippen LogP contribution is -2.27. The Kier molecular flexibility index (Phi) is 7.77. The number of thioether (sulfide) groups is 1. The number of hydrogen-bond acceptors (Lipinski definition) is 6. The SMILES string of the molecule is COc1ccc(CN2C(=O)/C(=C/c3ccc(OCc4ccc(Cl)cc4)c(OC)c3)SC2=S)cc1. The van der Waals surface area contributed by atoms with E-state index >= 15 is 0 Å². The van der Waals surface area contributed by atoms with Crippen LogP contribution in [0.2, 0.25) is 5.02 Å². The van der Waals surface area contributed by atoms with Gasteiger partial charge in [-0.25, -0.2) is 0 Å². The number of thiocarbonyl (C=S) groups is 1.